The van der Waals surface area contributed by atoms with E-state index in [1.807, 2.05) is 6.07 Å². The fourth-order valence-corrected chi connectivity index (χ4v) is 4.24. The number of benzene rings is 2. The molecule has 0 atom stereocenters. The van der Waals surface area contributed by atoms with Gasteiger partial charge in [-0.25, -0.2) is 17.8 Å². The molecule has 134 valence electrons. The van der Waals surface area contributed by atoms with E-state index in [4.69, 9.17) is 0 Å². The van der Waals surface area contributed by atoms with Crippen LogP contribution < -0.4 is 10.0 Å². The molecule has 6 nitrogen and oxygen atoms in total. The molecule has 0 bridgehead atoms. The van der Waals surface area contributed by atoms with Crippen LogP contribution in [-0.2, 0) is 10.0 Å². The maximum atomic E-state index is 13.0. The first-order valence-corrected chi connectivity index (χ1v) is 9.77. The van der Waals surface area contributed by atoms with Crippen molar-refractivity contribution in [1.82, 2.24) is 4.98 Å². The normalized spacial score (nSPS) is 11.2. The van der Waals surface area contributed by atoms with Crippen LogP contribution in [0.5, 0.6) is 0 Å². The highest BCUT2D eigenvalue weighted by Crippen LogP contribution is 2.26. The Morgan fingerprint density at radius 1 is 1.08 bits per heavy atom. The number of aromatic nitrogens is 1. The molecule has 26 heavy (non-hydrogen) atoms. The average Bonchev–Trinajstić information content (AvgIpc) is 2.96. The molecule has 1 amide bonds. The van der Waals surface area contributed by atoms with Gasteiger partial charge in [0, 0.05) is 5.69 Å². The molecule has 0 aliphatic heterocycles. The molecule has 0 radical (unpaired) electrons. The topological polar surface area (TPSA) is 88.2 Å². The number of para-hydroxylation sites is 1. The van der Waals surface area contributed by atoms with Crippen LogP contribution in [0.25, 0.3) is 0 Å². The summed E-state index contributed by atoms with van der Waals surface area (Å²) in [6.45, 7) is 1.62. The summed E-state index contributed by atoms with van der Waals surface area (Å²) in [6, 6.07) is 13.3. The number of carbonyl (C=O) groups is 1. The first kappa shape index (κ1) is 18.0. The summed E-state index contributed by atoms with van der Waals surface area (Å²) in [5.41, 5.74) is 1.03. The maximum absolute atomic E-state index is 13.0. The molecule has 0 unspecified atom stereocenters. The number of aryl methyl sites for hydroxylation is 1. The molecule has 0 spiro atoms. The smallest absolute Gasteiger partial charge is 0.267 e. The first-order valence-electron chi connectivity index (χ1n) is 7.47. The van der Waals surface area contributed by atoms with Crippen molar-refractivity contribution < 1.29 is 17.6 Å². The zero-order valence-corrected chi connectivity index (χ0v) is 15.2. The summed E-state index contributed by atoms with van der Waals surface area (Å²) in [7, 11) is -3.92. The third-order valence-corrected chi connectivity index (χ3v) is 5.94. The molecule has 3 aromatic rings. The molecule has 0 aliphatic carbocycles. The Kier molecular flexibility index (Phi) is 5.01. The van der Waals surface area contributed by atoms with E-state index in [-0.39, 0.29) is 15.9 Å². The Labute approximate surface area is 153 Å². The fourth-order valence-electron chi connectivity index (χ4n) is 2.15. The van der Waals surface area contributed by atoms with Crippen molar-refractivity contribution in [1.29, 1.82) is 0 Å². The predicted octanol–water partition coefficient (Wildman–Crippen LogP) is 3.64. The second-order valence-electron chi connectivity index (χ2n) is 5.31. The second kappa shape index (κ2) is 7.22. The molecular weight excluding hydrogens is 377 g/mol. The molecule has 0 aliphatic rings. The number of nitrogens with zero attached hydrogens (tertiary/aromatic N) is 1. The standard InChI is InChI=1S/C17H14FN3O3S2/c1-11-15(16(22)20-13-5-3-2-4-6-13)25-17(19-11)21-26(23,24)14-9-7-12(18)8-10-14/h2-10H,1H3,(H,19,21)(H,20,22). The van der Waals surface area contributed by atoms with Crippen molar-refractivity contribution in [2.75, 3.05) is 10.0 Å². The average molecular weight is 391 g/mol. The van der Waals surface area contributed by atoms with E-state index in [2.05, 4.69) is 15.0 Å². The van der Waals surface area contributed by atoms with Gasteiger partial charge in [0.1, 0.15) is 10.7 Å². The summed E-state index contributed by atoms with van der Waals surface area (Å²) < 4.78 is 39.9. The van der Waals surface area contributed by atoms with E-state index in [9.17, 15) is 17.6 Å². The van der Waals surface area contributed by atoms with Crippen LogP contribution in [0.2, 0.25) is 0 Å². The number of carbonyl (C=O) groups excluding carboxylic acids is 1. The lowest BCUT2D eigenvalue weighted by atomic mass is 10.3. The first-order chi connectivity index (χ1) is 12.3. The largest absolute Gasteiger partial charge is 0.321 e. The number of anilines is 2. The van der Waals surface area contributed by atoms with Crippen LogP contribution in [0, 0.1) is 12.7 Å². The highest BCUT2D eigenvalue weighted by atomic mass is 32.2. The lowest BCUT2D eigenvalue weighted by molar-refractivity contribution is 0.103. The number of sulfonamides is 1. The van der Waals surface area contributed by atoms with Crippen LogP contribution in [0.15, 0.2) is 59.5 Å². The lowest BCUT2D eigenvalue weighted by Crippen LogP contribution is -2.12. The SMILES string of the molecule is Cc1nc(NS(=O)(=O)c2ccc(F)cc2)sc1C(=O)Nc1ccccc1. The van der Waals surface area contributed by atoms with Gasteiger partial charge in [-0.3, -0.25) is 9.52 Å². The summed E-state index contributed by atoms with van der Waals surface area (Å²) in [6.07, 6.45) is 0. The van der Waals surface area contributed by atoms with E-state index in [0.29, 0.717) is 16.3 Å². The minimum absolute atomic E-state index is 0.0602. The van der Waals surface area contributed by atoms with Crippen LogP contribution in [-0.4, -0.2) is 19.3 Å². The van der Waals surface area contributed by atoms with Crippen molar-refractivity contribution in [2.45, 2.75) is 11.8 Å². The van der Waals surface area contributed by atoms with Gasteiger partial charge in [-0.1, -0.05) is 29.5 Å². The highest BCUT2D eigenvalue weighted by Gasteiger charge is 2.20. The van der Waals surface area contributed by atoms with E-state index in [1.54, 1.807) is 31.2 Å². The molecule has 3 rings (SSSR count). The molecule has 2 aromatic carbocycles. The van der Waals surface area contributed by atoms with Gasteiger partial charge < -0.3 is 5.32 Å². The Hall–Kier alpha value is -2.78. The summed E-state index contributed by atoms with van der Waals surface area (Å²) >= 11 is 0.924. The molecule has 1 aromatic heterocycles. The third-order valence-electron chi connectivity index (χ3n) is 3.38. The highest BCUT2D eigenvalue weighted by molar-refractivity contribution is 7.93. The van der Waals surface area contributed by atoms with Crippen molar-refractivity contribution in [3.63, 3.8) is 0 Å². The third kappa shape index (κ3) is 4.06. The van der Waals surface area contributed by atoms with Crippen molar-refractivity contribution in [3.8, 4) is 0 Å². The Morgan fingerprint density at radius 3 is 2.38 bits per heavy atom. The van der Waals surface area contributed by atoms with Gasteiger partial charge in [-0.2, -0.15) is 0 Å². The molecule has 9 heteroatoms. The predicted molar refractivity (Wildman–Crippen MR) is 98.5 cm³/mol. The van der Waals surface area contributed by atoms with E-state index >= 15 is 0 Å². The maximum Gasteiger partial charge on any atom is 0.267 e. The van der Waals surface area contributed by atoms with Crippen molar-refractivity contribution >= 4 is 38.1 Å². The quantitative estimate of drug-likeness (QED) is 0.695. The van der Waals surface area contributed by atoms with Gasteiger partial charge >= 0.3 is 0 Å². The molecule has 0 fully saturated rings. The van der Waals surface area contributed by atoms with E-state index in [0.717, 1.165) is 35.6 Å². The number of rotatable bonds is 5. The minimum Gasteiger partial charge on any atom is -0.321 e. The second-order valence-corrected chi connectivity index (χ2v) is 7.99. The lowest BCUT2D eigenvalue weighted by Gasteiger charge is -2.04. The minimum atomic E-state index is -3.92. The number of thiazole rings is 1. The molecule has 2 N–H and O–H groups in total. The van der Waals surface area contributed by atoms with Crippen LogP contribution in [0.1, 0.15) is 15.4 Å². The van der Waals surface area contributed by atoms with Crippen molar-refractivity contribution in [3.05, 3.63) is 71.0 Å². The molecule has 0 saturated heterocycles. The fraction of sp³-hybridized carbons (Fsp3) is 0.0588. The Bertz CT molecular complexity index is 1030. The zero-order valence-electron chi connectivity index (χ0n) is 13.6. The molecule has 0 saturated carbocycles. The van der Waals surface area contributed by atoms with Gasteiger partial charge in [0.05, 0.1) is 10.6 Å². The summed E-state index contributed by atoms with van der Waals surface area (Å²) in [5, 5.41) is 2.79. The molecule has 1 heterocycles. The van der Waals surface area contributed by atoms with Gasteiger partial charge in [0.15, 0.2) is 5.13 Å². The van der Waals surface area contributed by atoms with Gasteiger partial charge in [-0.15, -0.1) is 0 Å². The number of hydrogen-bond donors (Lipinski definition) is 2. The van der Waals surface area contributed by atoms with Crippen molar-refractivity contribution in [2.24, 2.45) is 0 Å². The van der Waals surface area contributed by atoms with E-state index < -0.39 is 15.8 Å². The Balaban J connectivity index is 1.79. The van der Waals surface area contributed by atoms with Crippen LogP contribution in [0.3, 0.4) is 0 Å². The van der Waals surface area contributed by atoms with Gasteiger partial charge in [0.25, 0.3) is 15.9 Å². The van der Waals surface area contributed by atoms with Crippen LogP contribution in [0.4, 0.5) is 15.2 Å². The summed E-state index contributed by atoms with van der Waals surface area (Å²) in [5.74, 6) is -0.910. The van der Waals surface area contributed by atoms with Crippen LogP contribution >= 0.6 is 11.3 Å². The van der Waals surface area contributed by atoms with Gasteiger partial charge in [0.2, 0.25) is 0 Å². The van der Waals surface area contributed by atoms with Gasteiger partial charge in [-0.05, 0) is 43.3 Å². The number of amides is 1. The summed E-state index contributed by atoms with van der Waals surface area (Å²) in [4.78, 5) is 16.7. The monoisotopic (exact) mass is 391 g/mol. The zero-order chi connectivity index (χ0) is 18.7. The number of nitrogens with one attached hydrogen (secondary N) is 2. The Morgan fingerprint density at radius 2 is 1.73 bits per heavy atom. The number of halogens is 1. The number of hydrogen-bond acceptors (Lipinski definition) is 5. The van der Waals surface area contributed by atoms with E-state index in [1.165, 1.54) is 0 Å². The molecular formula is C17H14FN3O3S2.